The minimum atomic E-state index is -4.52. The van der Waals surface area contributed by atoms with Gasteiger partial charge in [-0.05, 0) is 42.0 Å². The number of nitrogens with one attached hydrogen (secondary N) is 1. The van der Waals surface area contributed by atoms with Gasteiger partial charge in [-0.3, -0.25) is 4.79 Å². The number of carbonyl (C=O) groups is 1. The van der Waals surface area contributed by atoms with Gasteiger partial charge in [0.05, 0.1) is 19.8 Å². The van der Waals surface area contributed by atoms with Gasteiger partial charge in [-0.2, -0.15) is 18.4 Å². The molecule has 0 saturated carbocycles. The van der Waals surface area contributed by atoms with Crippen LogP contribution in [-0.4, -0.2) is 32.9 Å². The summed E-state index contributed by atoms with van der Waals surface area (Å²) in [6.45, 7) is -1.51. The molecule has 0 fully saturated rings. The molecule has 2 aromatic carbocycles. The van der Waals surface area contributed by atoms with Crippen molar-refractivity contribution in [2.24, 2.45) is 0 Å². The quantitative estimate of drug-likeness (QED) is 0.698. The first-order valence-electron chi connectivity index (χ1n) is 8.20. The van der Waals surface area contributed by atoms with Gasteiger partial charge < -0.3 is 19.5 Å². The summed E-state index contributed by atoms with van der Waals surface area (Å²) in [4.78, 5) is 12.1. The van der Waals surface area contributed by atoms with Crippen LogP contribution in [0.3, 0.4) is 0 Å². The van der Waals surface area contributed by atoms with Crippen LogP contribution in [0.4, 0.5) is 18.9 Å². The number of anilines is 1. The maximum atomic E-state index is 12.3. The van der Waals surface area contributed by atoms with E-state index < -0.39 is 18.7 Å². The van der Waals surface area contributed by atoms with Crippen LogP contribution in [0.15, 0.2) is 42.5 Å². The van der Waals surface area contributed by atoms with E-state index in [0.717, 1.165) is 0 Å². The molecule has 0 aliphatic heterocycles. The SMILES string of the molecule is COc1cc(C=CC(=O)Nc2ccc(OCC(F)(F)F)c(C#N)c2)cc(OC)c1. The zero-order valence-corrected chi connectivity index (χ0v) is 15.5. The molecule has 0 spiro atoms. The zero-order chi connectivity index (χ0) is 21.4. The Labute approximate surface area is 165 Å². The fourth-order valence-corrected chi connectivity index (χ4v) is 2.26. The second-order valence-electron chi connectivity index (χ2n) is 5.70. The normalized spacial score (nSPS) is 11.0. The summed E-state index contributed by atoms with van der Waals surface area (Å²) < 4.78 is 51.7. The van der Waals surface area contributed by atoms with E-state index in [-0.39, 0.29) is 17.0 Å². The average molecular weight is 406 g/mol. The molecule has 1 amide bonds. The molecule has 0 bridgehead atoms. The lowest BCUT2D eigenvalue weighted by molar-refractivity contribution is -0.153. The van der Waals surface area contributed by atoms with E-state index in [1.165, 1.54) is 44.6 Å². The molecule has 9 heteroatoms. The van der Waals surface area contributed by atoms with Crippen LogP contribution in [0.5, 0.6) is 17.2 Å². The highest BCUT2D eigenvalue weighted by atomic mass is 19.4. The Morgan fingerprint density at radius 2 is 1.79 bits per heavy atom. The molecule has 1 N–H and O–H groups in total. The van der Waals surface area contributed by atoms with Gasteiger partial charge in [-0.25, -0.2) is 0 Å². The average Bonchev–Trinajstić information content (AvgIpc) is 2.70. The van der Waals surface area contributed by atoms with Crippen molar-refractivity contribution >= 4 is 17.7 Å². The van der Waals surface area contributed by atoms with Crippen molar-refractivity contribution in [2.45, 2.75) is 6.18 Å². The molecule has 0 aliphatic rings. The molecule has 0 aromatic heterocycles. The van der Waals surface area contributed by atoms with Crippen molar-refractivity contribution in [3.05, 3.63) is 53.6 Å². The van der Waals surface area contributed by atoms with Crippen molar-refractivity contribution in [1.82, 2.24) is 0 Å². The molecule has 6 nitrogen and oxygen atoms in total. The first-order chi connectivity index (χ1) is 13.7. The molecule has 152 valence electrons. The van der Waals surface area contributed by atoms with Gasteiger partial charge in [0, 0.05) is 17.8 Å². The number of methoxy groups -OCH3 is 2. The number of hydrogen-bond acceptors (Lipinski definition) is 5. The third-order valence-corrected chi connectivity index (χ3v) is 3.56. The van der Waals surface area contributed by atoms with Crippen molar-refractivity contribution in [3.63, 3.8) is 0 Å². The Bertz CT molecular complexity index is 927. The predicted molar refractivity (Wildman–Crippen MR) is 99.9 cm³/mol. The minimum Gasteiger partial charge on any atom is -0.497 e. The molecule has 0 heterocycles. The van der Waals surface area contributed by atoms with Gasteiger partial charge in [0.25, 0.3) is 0 Å². The minimum absolute atomic E-state index is 0.131. The van der Waals surface area contributed by atoms with Crippen LogP contribution < -0.4 is 19.5 Å². The summed E-state index contributed by atoms with van der Waals surface area (Å²) in [5, 5.41) is 11.6. The predicted octanol–water partition coefficient (Wildman–Crippen LogP) is 4.17. The highest BCUT2D eigenvalue weighted by molar-refractivity contribution is 6.02. The summed E-state index contributed by atoms with van der Waals surface area (Å²) in [5.74, 6) is 0.386. The third kappa shape index (κ3) is 6.77. The third-order valence-electron chi connectivity index (χ3n) is 3.56. The van der Waals surface area contributed by atoms with Crippen molar-refractivity contribution in [1.29, 1.82) is 5.26 Å². The summed E-state index contributed by atoms with van der Waals surface area (Å²) in [6.07, 6.45) is -1.73. The van der Waals surface area contributed by atoms with Crippen LogP contribution >= 0.6 is 0 Å². The Kier molecular flexibility index (Phi) is 7.09. The van der Waals surface area contributed by atoms with E-state index in [4.69, 9.17) is 14.7 Å². The number of nitriles is 1. The molecular weight excluding hydrogens is 389 g/mol. The largest absolute Gasteiger partial charge is 0.497 e. The van der Waals surface area contributed by atoms with E-state index in [2.05, 4.69) is 10.1 Å². The molecular formula is C20H17F3N2O4. The number of halogens is 3. The summed E-state index contributed by atoms with van der Waals surface area (Å²) in [7, 11) is 3.01. The van der Waals surface area contributed by atoms with Crippen LogP contribution in [0.25, 0.3) is 6.08 Å². The second kappa shape index (κ2) is 9.50. The molecule has 2 rings (SSSR count). The lowest BCUT2D eigenvalue weighted by Gasteiger charge is -2.11. The number of ether oxygens (including phenoxy) is 3. The molecule has 0 atom stereocenters. The lowest BCUT2D eigenvalue weighted by Crippen LogP contribution is -2.19. The first kappa shape index (κ1) is 21.6. The van der Waals surface area contributed by atoms with Crippen LogP contribution in [-0.2, 0) is 4.79 Å². The van der Waals surface area contributed by atoms with Gasteiger partial charge in [-0.15, -0.1) is 0 Å². The molecule has 0 unspecified atom stereocenters. The van der Waals surface area contributed by atoms with E-state index >= 15 is 0 Å². The van der Waals surface area contributed by atoms with Gasteiger partial charge in [-0.1, -0.05) is 0 Å². The summed E-state index contributed by atoms with van der Waals surface area (Å²) in [5.41, 5.74) is 0.761. The van der Waals surface area contributed by atoms with Gasteiger partial charge in [0.15, 0.2) is 6.61 Å². The number of carbonyl (C=O) groups excluding carboxylic acids is 1. The van der Waals surface area contributed by atoms with Crippen molar-refractivity contribution in [3.8, 4) is 23.3 Å². The van der Waals surface area contributed by atoms with Gasteiger partial charge in [0.1, 0.15) is 23.3 Å². The number of nitrogens with zero attached hydrogens (tertiary/aromatic N) is 1. The maximum absolute atomic E-state index is 12.3. The highest BCUT2D eigenvalue weighted by Gasteiger charge is 2.28. The van der Waals surface area contributed by atoms with Crippen LogP contribution in [0, 0.1) is 11.3 Å². The van der Waals surface area contributed by atoms with Crippen molar-refractivity contribution in [2.75, 3.05) is 26.1 Å². The number of benzene rings is 2. The fraction of sp³-hybridized carbons (Fsp3) is 0.200. The first-order valence-corrected chi connectivity index (χ1v) is 8.20. The summed E-state index contributed by atoms with van der Waals surface area (Å²) >= 11 is 0. The molecule has 29 heavy (non-hydrogen) atoms. The van der Waals surface area contributed by atoms with Crippen LogP contribution in [0.1, 0.15) is 11.1 Å². The second-order valence-corrected chi connectivity index (χ2v) is 5.70. The zero-order valence-electron chi connectivity index (χ0n) is 15.5. The van der Waals surface area contributed by atoms with E-state index in [9.17, 15) is 18.0 Å². The lowest BCUT2D eigenvalue weighted by atomic mass is 10.1. The highest BCUT2D eigenvalue weighted by Crippen LogP contribution is 2.25. The van der Waals surface area contributed by atoms with E-state index in [1.807, 2.05) is 0 Å². The standard InChI is InChI=1S/C20H17F3N2O4/c1-27-16-7-13(8-17(10-16)28-2)3-6-19(26)25-15-4-5-18(14(9-15)11-24)29-12-20(21,22)23/h3-10H,12H2,1-2H3,(H,25,26). The number of alkyl halides is 3. The fourth-order valence-electron chi connectivity index (χ4n) is 2.26. The summed E-state index contributed by atoms with van der Waals surface area (Å²) in [6, 6.07) is 10.6. The van der Waals surface area contributed by atoms with E-state index in [0.29, 0.717) is 17.1 Å². The number of hydrogen-bond donors (Lipinski definition) is 1. The smallest absolute Gasteiger partial charge is 0.422 e. The molecule has 2 aromatic rings. The molecule has 0 saturated heterocycles. The van der Waals surface area contributed by atoms with Crippen LogP contribution in [0.2, 0.25) is 0 Å². The monoisotopic (exact) mass is 406 g/mol. The van der Waals surface area contributed by atoms with Crippen molar-refractivity contribution < 1.29 is 32.2 Å². The van der Waals surface area contributed by atoms with E-state index in [1.54, 1.807) is 24.3 Å². The van der Waals surface area contributed by atoms with Gasteiger partial charge in [0.2, 0.25) is 5.91 Å². The molecule has 0 aliphatic carbocycles. The molecule has 0 radical (unpaired) electrons. The van der Waals surface area contributed by atoms with Gasteiger partial charge >= 0.3 is 6.18 Å². The Hall–Kier alpha value is -3.67. The maximum Gasteiger partial charge on any atom is 0.422 e. The Morgan fingerprint density at radius 1 is 1.14 bits per heavy atom. The Morgan fingerprint density at radius 3 is 2.34 bits per heavy atom. The number of rotatable bonds is 7. The topological polar surface area (TPSA) is 80.6 Å². The number of amides is 1. The Balaban J connectivity index is 2.09.